The molecule has 0 spiro atoms. The van der Waals surface area contributed by atoms with Crippen LogP contribution >= 0.6 is 0 Å². The third-order valence-corrected chi connectivity index (χ3v) is 4.74. The number of Topliss-reactive ketones (excluding diaryl/α,β-unsaturated/α-hetero) is 1. The lowest BCUT2D eigenvalue weighted by Crippen LogP contribution is -2.40. The monoisotopic (exact) mass is 372 g/mol. The first-order valence-electron chi connectivity index (χ1n) is 9.30. The smallest absolute Gasteiger partial charge is 0.356 e. The SMILES string of the molecule is O=C(C[n+]1c(NCCO)[nH]c2ccccc21)c1ccc(-c2ccccc2)cc1. The number of hydrogen-bond acceptors (Lipinski definition) is 3. The number of imidazole rings is 1. The fraction of sp³-hybridized carbons (Fsp3) is 0.130. The van der Waals surface area contributed by atoms with Crippen LogP contribution in [-0.4, -0.2) is 29.0 Å². The Balaban J connectivity index is 1.60. The Kier molecular flexibility index (Phi) is 5.17. The molecule has 0 saturated carbocycles. The standard InChI is InChI=1S/C23H21N3O2/c27-15-14-24-23-25-20-8-4-5-9-21(20)26(23)16-22(28)19-12-10-18(11-13-19)17-6-2-1-3-7-17/h1-13,27H,14-16H2,(H,24,25)/p+1. The lowest BCUT2D eigenvalue weighted by Gasteiger charge is -2.06. The van der Waals surface area contributed by atoms with E-state index in [1.165, 1.54) is 0 Å². The number of nitrogens with zero attached hydrogens (tertiary/aromatic N) is 1. The van der Waals surface area contributed by atoms with Crippen molar-refractivity contribution in [1.82, 2.24) is 4.98 Å². The summed E-state index contributed by atoms with van der Waals surface area (Å²) in [6, 6.07) is 25.6. The second-order valence-corrected chi connectivity index (χ2v) is 6.59. The van der Waals surface area contributed by atoms with Gasteiger partial charge in [-0.3, -0.25) is 10.1 Å². The zero-order chi connectivity index (χ0) is 19.3. The Hall–Kier alpha value is -3.44. The zero-order valence-electron chi connectivity index (χ0n) is 15.4. The van der Waals surface area contributed by atoms with Crippen molar-refractivity contribution in [3.05, 3.63) is 84.4 Å². The topological polar surface area (TPSA) is 69.0 Å². The second kappa shape index (κ2) is 8.06. The van der Waals surface area contributed by atoms with E-state index in [1.54, 1.807) is 0 Å². The average molecular weight is 372 g/mol. The van der Waals surface area contributed by atoms with Gasteiger partial charge in [-0.2, -0.15) is 0 Å². The number of aliphatic hydroxyl groups excluding tert-OH is 1. The molecule has 4 aromatic rings. The Labute approximate surface area is 163 Å². The molecular formula is C23H22N3O2+. The molecule has 0 amide bonds. The summed E-state index contributed by atoms with van der Waals surface area (Å²) >= 11 is 0. The number of hydrogen-bond donors (Lipinski definition) is 3. The number of fused-ring (bicyclic) bond motifs is 1. The van der Waals surface area contributed by atoms with Crippen molar-refractivity contribution in [3.8, 4) is 11.1 Å². The van der Waals surface area contributed by atoms with Crippen LogP contribution in [0.3, 0.4) is 0 Å². The first-order valence-corrected chi connectivity index (χ1v) is 9.30. The molecule has 28 heavy (non-hydrogen) atoms. The summed E-state index contributed by atoms with van der Waals surface area (Å²) in [6.45, 7) is 0.638. The average Bonchev–Trinajstić information content (AvgIpc) is 3.10. The number of benzene rings is 3. The van der Waals surface area contributed by atoms with E-state index in [4.69, 9.17) is 5.11 Å². The van der Waals surface area contributed by atoms with Gasteiger partial charge in [0.1, 0.15) is 17.6 Å². The first kappa shape index (κ1) is 17.9. The van der Waals surface area contributed by atoms with Gasteiger partial charge < -0.3 is 5.11 Å². The maximum absolute atomic E-state index is 12.9. The molecule has 0 unspecified atom stereocenters. The number of carbonyl (C=O) groups excluding carboxylic acids is 1. The van der Waals surface area contributed by atoms with Gasteiger partial charge in [0, 0.05) is 5.56 Å². The van der Waals surface area contributed by atoms with Crippen LogP contribution in [0.5, 0.6) is 0 Å². The Morgan fingerprint density at radius 2 is 1.57 bits per heavy atom. The number of aromatic amines is 1. The summed E-state index contributed by atoms with van der Waals surface area (Å²) in [5, 5.41) is 12.3. The lowest BCUT2D eigenvalue weighted by atomic mass is 10.0. The summed E-state index contributed by atoms with van der Waals surface area (Å²) in [5.41, 5.74) is 4.77. The van der Waals surface area contributed by atoms with Crippen LogP contribution in [0.1, 0.15) is 10.4 Å². The van der Waals surface area contributed by atoms with Crippen molar-refractivity contribution < 1.29 is 14.5 Å². The van der Waals surface area contributed by atoms with Gasteiger partial charge in [-0.25, -0.2) is 9.55 Å². The summed E-state index contributed by atoms with van der Waals surface area (Å²) in [4.78, 5) is 16.2. The van der Waals surface area contributed by atoms with E-state index in [2.05, 4.69) is 22.4 Å². The Morgan fingerprint density at radius 3 is 2.32 bits per heavy atom. The molecule has 0 aliphatic heterocycles. The van der Waals surface area contributed by atoms with Crippen molar-refractivity contribution in [2.75, 3.05) is 18.5 Å². The number of carbonyl (C=O) groups is 1. The molecule has 0 saturated heterocycles. The molecule has 0 bridgehead atoms. The maximum Gasteiger partial charge on any atom is 0.356 e. The van der Waals surface area contributed by atoms with Gasteiger partial charge in [0.05, 0.1) is 13.2 Å². The van der Waals surface area contributed by atoms with Crippen LogP contribution in [0.2, 0.25) is 0 Å². The largest absolute Gasteiger partial charge is 0.393 e. The second-order valence-electron chi connectivity index (χ2n) is 6.59. The highest BCUT2D eigenvalue weighted by Gasteiger charge is 2.20. The van der Waals surface area contributed by atoms with Crippen LogP contribution in [0.15, 0.2) is 78.9 Å². The van der Waals surface area contributed by atoms with Crippen LogP contribution in [0.4, 0.5) is 5.95 Å². The molecule has 0 atom stereocenters. The molecular weight excluding hydrogens is 350 g/mol. The number of anilines is 1. The van der Waals surface area contributed by atoms with Crippen LogP contribution < -0.4 is 9.88 Å². The fourth-order valence-corrected chi connectivity index (χ4v) is 3.32. The van der Waals surface area contributed by atoms with E-state index < -0.39 is 0 Å². The molecule has 1 aromatic heterocycles. The highest BCUT2D eigenvalue weighted by molar-refractivity contribution is 5.95. The Bertz CT molecular complexity index is 1090. The fourth-order valence-electron chi connectivity index (χ4n) is 3.32. The molecule has 0 aliphatic carbocycles. The molecule has 4 rings (SSSR count). The molecule has 0 fully saturated rings. The normalized spacial score (nSPS) is 10.9. The first-order chi connectivity index (χ1) is 13.8. The van der Waals surface area contributed by atoms with Crippen molar-refractivity contribution >= 4 is 22.8 Å². The van der Waals surface area contributed by atoms with Gasteiger partial charge in [0.25, 0.3) is 0 Å². The number of H-pyrrole nitrogens is 1. The summed E-state index contributed by atoms with van der Waals surface area (Å²) in [6.07, 6.45) is 0. The predicted molar refractivity (Wildman–Crippen MR) is 110 cm³/mol. The van der Waals surface area contributed by atoms with Gasteiger partial charge in [0.2, 0.25) is 0 Å². The van der Waals surface area contributed by atoms with Crippen LogP contribution in [-0.2, 0) is 6.54 Å². The minimum absolute atomic E-state index is 0.0181. The summed E-state index contributed by atoms with van der Waals surface area (Å²) < 4.78 is 1.92. The summed E-state index contributed by atoms with van der Waals surface area (Å²) in [5.74, 6) is 0.742. The van der Waals surface area contributed by atoms with Crippen molar-refractivity contribution in [2.45, 2.75) is 6.54 Å². The predicted octanol–water partition coefficient (Wildman–Crippen LogP) is 3.41. The quantitative estimate of drug-likeness (QED) is 0.344. The van der Waals surface area contributed by atoms with Gasteiger partial charge in [0.15, 0.2) is 5.78 Å². The molecule has 5 heteroatoms. The van der Waals surface area contributed by atoms with Crippen molar-refractivity contribution in [3.63, 3.8) is 0 Å². The number of rotatable bonds is 7. The Morgan fingerprint density at radius 1 is 0.893 bits per heavy atom. The van der Waals surface area contributed by atoms with Gasteiger partial charge >= 0.3 is 5.95 Å². The van der Waals surface area contributed by atoms with E-state index in [9.17, 15) is 4.79 Å². The number of nitrogens with one attached hydrogen (secondary N) is 2. The van der Waals surface area contributed by atoms with E-state index in [0.717, 1.165) is 22.2 Å². The number of para-hydroxylation sites is 2. The molecule has 5 nitrogen and oxygen atoms in total. The highest BCUT2D eigenvalue weighted by atomic mass is 16.3. The maximum atomic E-state index is 12.9. The molecule has 140 valence electrons. The van der Waals surface area contributed by atoms with Crippen molar-refractivity contribution in [1.29, 1.82) is 0 Å². The van der Waals surface area contributed by atoms with Crippen molar-refractivity contribution in [2.24, 2.45) is 0 Å². The van der Waals surface area contributed by atoms with Gasteiger partial charge in [-0.1, -0.05) is 66.7 Å². The van der Waals surface area contributed by atoms with E-state index in [-0.39, 0.29) is 18.9 Å². The van der Waals surface area contributed by atoms with Crippen LogP contribution in [0, 0.1) is 0 Å². The molecule has 3 aromatic carbocycles. The number of ketones is 1. The molecule has 3 N–H and O–H groups in total. The minimum Gasteiger partial charge on any atom is -0.393 e. The number of aliphatic hydroxyl groups is 1. The van der Waals surface area contributed by atoms with Gasteiger partial charge in [-0.15, -0.1) is 0 Å². The molecule has 0 radical (unpaired) electrons. The highest BCUT2D eigenvalue weighted by Crippen LogP contribution is 2.20. The number of aromatic nitrogens is 2. The summed E-state index contributed by atoms with van der Waals surface area (Å²) in [7, 11) is 0. The third kappa shape index (κ3) is 3.66. The minimum atomic E-state index is 0.0181. The van der Waals surface area contributed by atoms with E-state index in [0.29, 0.717) is 18.1 Å². The molecule has 0 aliphatic rings. The van der Waals surface area contributed by atoms with Gasteiger partial charge in [-0.05, 0) is 23.3 Å². The molecule has 1 heterocycles. The third-order valence-electron chi connectivity index (χ3n) is 4.74. The zero-order valence-corrected chi connectivity index (χ0v) is 15.4. The van der Waals surface area contributed by atoms with E-state index >= 15 is 0 Å². The lowest BCUT2D eigenvalue weighted by molar-refractivity contribution is -0.642. The van der Waals surface area contributed by atoms with E-state index in [1.807, 2.05) is 71.3 Å². The van der Waals surface area contributed by atoms with Crippen LogP contribution in [0.25, 0.3) is 22.2 Å².